The van der Waals surface area contributed by atoms with Crippen molar-refractivity contribution in [1.82, 2.24) is 9.47 Å². The summed E-state index contributed by atoms with van der Waals surface area (Å²) in [6.07, 6.45) is 2.01. The summed E-state index contributed by atoms with van der Waals surface area (Å²) in [5.74, 6) is -0.0973. The number of amides is 1. The van der Waals surface area contributed by atoms with Gasteiger partial charge in [0.1, 0.15) is 0 Å². The molecule has 0 radical (unpaired) electrons. The smallest absolute Gasteiger partial charge is 0.256 e. The fourth-order valence-electron chi connectivity index (χ4n) is 3.56. The van der Waals surface area contributed by atoms with E-state index in [0.29, 0.717) is 30.2 Å². The Morgan fingerprint density at radius 1 is 0.742 bits per heavy atom. The van der Waals surface area contributed by atoms with Gasteiger partial charge in [0.25, 0.3) is 5.91 Å². The molecule has 3 aromatic carbocycles. The normalized spacial score (nSPS) is 10.8. The third-order valence-corrected chi connectivity index (χ3v) is 5.88. The number of benzene rings is 3. The lowest BCUT2D eigenvalue weighted by Gasteiger charge is -2.24. The lowest BCUT2D eigenvalue weighted by Crippen LogP contribution is -2.31. The third kappa shape index (κ3) is 5.19. The van der Waals surface area contributed by atoms with Crippen LogP contribution in [-0.4, -0.2) is 15.4 Å². The molecular formula is C26H22Cl2N2O. The summed E-state index contributed by atoms with van der Waals surface area (Å²) in [7, 11) is 0. The van der Waals surface area contributed by atoms with Crippen LogP contribution in [0.2, 0.25) is 10.0 Å². The Labute approximate surface area is 192 Å². The Kier molecular flexibility index (Phi) is 6.76. The van der Waals surface area contributed by atoms with Crippen molar-refractivity contribution in [2.75, 3.05) is 0 Å². The van der Waals surface area contributed by atoms with Crippen molar-refractivity contribution in [2.45, 2.75) is 19.6 Å². The molecule has 5 heteroatoms. The van der Waals surface area contributed by atoms with Crippen LogP contribution in [0.25, 0.3) is 0 Å². The van der Waals surface area contributed by atoms with Gasteiger partial charge < -0.3 is 9.47 Å². The van der Waals surface area contributed by atoms with Crippen molar-refractivity contribution in [1.29, 1.82) is 0 Å². The highest BCUT2D eigenvalue weighted by molar-refractivity contribution is 6.33. The molecule has 4 aromatic rings. The molecule has 3 nitrogen and oxygen atoms in total. The predicted molar refractivity (Wildman–Crippen MR) is 126 cm³/mol. The molecule has 31 heavy (non-hydrogen) atoms. The molecule has 0 spiro atoms. The zero-order chi connectivity index (χ0) is 21.6. The standard InChI is InChI=1S/C26H22Cl2N2O/c27-24-14-6-4-11-21(24)18-29-16-8-12-22(29)19-30(17-20-9-2-1-3-10-20)26(31)23-13-5-7-15-25(23)28/h1-16H,17-19H2. The highest BCUT2D eigenvalue weighted by atomic mass is 35.5. The fraction of sp³-hybridized carbons (Fsp3) is 0.115. The lowest BCUT2D eigenvalue weighted by molar-refractivity contribution is 0.0726. The van der Waals surface area contributed by atoms with Gasteiger partial charge in [-0.1, -0.05) is 83.9 Å². The first-order valence-electron chi connectivity index (χ1n) is 10.1. The summed E-state index contributed by atoms with van der Waals surface area (Å²) in [6.45, 7) is 1.58. The minimum Gasteiger partial charge on any atom is -0.345 e. The van der Waals surface area contributed by atoms with Gasteiger partial charge in [0.2, 0.25) is 0 Å². The van der Waals surface area contributed by atoms with Gasteiger partial charge >= 0.3 is 0 Å². The van der Waals surface area contributed by atoms with E-state index in [1.807, 2.05) is 90.0 Å². The maximum atomic E-state index is 13.4. The second-order valence-corrected chi connectivity index (χ2v) is 8.16. The van der Waals surface area contributed by atoms with Crippen LogP contribution in [0.15, 0.2) is 97.2 Å². The average Bonchev–Trinajstić information content (AvgIpc) is 3.22. The van der Waals surface area contributed by atoms with Gasteiger partial charge in [0.05, 0.1) is 17.1 Å². The van der Waals surface area contributed by atoms with Crippen molar-refractivity contribution in [3.63, 3.8) is 0 Å². The van der Waals surface area contributed by atoms with Gasteiger partial charge in [0, 0.05) is 30.0 Å². The monoisotopic (exact) mass is 448 g/mol. The molecule has 0 saturated heterocycles. The second kappa shape index (κ2) is 9.86. The zero-order valence-corrected chi connectivity index (χ0v) is 18.4. The molecule has 1 heterocycles. The molecule has 0 aliphatic heterocycles. The minimum atomic E-state index is -0.0973. The number of carbonyl (C=O) groups is 1. The van der Waals surface area contributed by atoms with E-state index >= 15 is 0 Å². The molecule has 1 aromatic heterocycles. The van der Waals surface area contributed by atoms with E-state index in [1.54, 1.807) is 12.1 Å². The van der Waals surface area contributed by atoms with Crippen LogP contribution < -0.4 is 0 Å². The quantitative estimate of drug-likeness (QED) is 0.309. The first-order valence-corrected chi connectivity index (χ1v) is 10.8. The molecule has 0 fully saturated rings. The lowest BCUT2D eigenvalue weighted by atomic mass is 10.1. The van der Waals surface area contributed by atoms with Crippen LogP contribution in [0.5, 0.6) is 0 Å². The molecule has 0 aliphatic carbocycles. The van der Waals surface area contributed by atoms with Crippen molar-refractivity contribution in [3.8, 4) is 0 Å². The Morgan fingerprint density at radius 2 is 1.42 bits per heavy atom. The van der Waals surface area contributed by atoms with Gasteiger partial charge in [-0.25, -0.2) is 0 Å². The number of aromatic nitrogens is 1. The number of hydrogen-bond donors (Lipinski definition) is 0. The molecular weight excluding hydrogens is 427 g/mol. The largest absolute Gasteiger partial charge is 0.345 e. The maximum Gasteiger partial charge on any atom is 0.256 e. The SMILES string of the molecule is O=C(c1ccccc1Cl)N(Cc1ccccc1)Cc1cccn1Cc1ccccc1Cl. The predicted octanol–water partition coefficient (Wildman–Crippen LogP) is 6.69. The van der Waals surface area contributed by atoms with Crippen LogP contribution in [-0.2, 0) is 19.6 Å². The van der Waals surface area contributed by atoms with E-state index in [1.165, 1.54) is 0 Å². The van der Waals surface area contributed by atoms with Crippen molar-refractivity contribution in [2.24, 2.45) is 0 Å². The molecule has 0 bridgehead atoms. The molecule has 1 amide bonds. The molecule has 0 aliphatic rings. The highest BCUT2D eigenvalue weighted by Crippen LogP contribution is 2.22. The Morgan fingerprint density at radius 3 is 2.16 bits per heavy atom. The van der Waals surface area contributed by atoms with Gasteiger partial charge in [-0.15, -0.1) is 0 Å². The zero-order valence-electron chi connectivity index (χ0n) is 16.9. The molecule has 0 atom stereocenters. The first kappa shape index (κ1) is 21.2. The average molecular weight is 449 g/mol. The van der Waals surface area contributed by atoms with E-state index in [4.69, 9.17) is 23.2 Å². The Hall–Kier alpha value is -3.01. The van der Waals surface area contributed by atoms with Crippen molar-refractivity contribution >= 4 is 29.1 Å². The fourth-order valence-corrected chi connectivity index (χ4v) is 3.97. The molecule has 0 saturated carbocycles. The summed E-state index contributed by atoms with van der Waals surface area (Å²) in [6, 6.07) is 29.0. The van der Waals surface area contributed by atoms with Gasteiger partial charge in [-0.2, -0.15) is 0 Å². The number of halogens is 2. The summed E-state index contributed by atoms with van der Waals surface area (Å²) >= 11 is 12.7. The molecule has 0 N–H and O–H groups in total. The summed E-state index contributed by atoms with van der Waals surface area (Å²) < 4.78 is 2.12. The molecule has 0 unspecified atom stereocenters. The third-order valence-electron chi connectivity index (χ3n) is 5.18. The number of hydrogen-bond acceptors (Lipinski definition) is 1. The molecule has 156 valence electrons. The van der Waals surface area contributed by atoms with Crippen LogP contribution in [0, 0.1) is 0 Å². The van der Waals surface area contributed by atoms with Crippen LogP contribution in [0.1, 0.15) is 27.2 Å². The van der Waals surface area contributed by atoms with Crippen LogP contribution >= 0.6 is 23.2 Å². The first-order chi connectivity index (χ1) is 15.1. The van der Waals surface area contributed by atoms with Gasteiger partial charge in [-0.3, -0.25) is 4.79 Å². The van der Waals surface area contributed by atoms with Gasteiger partial charge in [-0.05, 0) is 41.5 Å². The highest BCUT2D eigenvalue weighted by Gasteiger charge is 2.20. The van der Waals surface area contributed by atoms with E-state index in [0.717, 1.165) is 21.8 Å². The van der Waals surface area contributed by atoms with Crippen LogP contribution in [0.4, 0.5) is 0 Å². The summed E-state index contributed by atoms with van der Waals surface area (Å²) in [5, 5.41) is 1.19. The van der Waals surface area contributed by atoms with E-state index in [2.05, 4.69) is 4.57 Å². The summed E-state index contributed by atoms with van der Waals surface area (Å²) in [5.41, 5.74) is 3.63. The number of rotatable bonds is 7. The molecule has 4 rings (SSSR count). The minimum absolute atomic E-state index is 0.0973. The topological polar surface area (TPSA) is 25.2 Å². The Balaban J connectivity index is 1.63. The van der Waals surface area contributed by atoms with Crippen molar-refractivity contribution < 1.29 is 4.79 Å². The Bertz CT molecular complexity index is 1170. The van der Waals surface area contributed by atoms with E-state index in [9.17, 15) is 4.79 Å². The maximum absolute atomic E-state index is 13.4. The number of carbonyl (C=O) groups excluding carboxylic acids is 1. The van der Waals surface area contributed by atoms with Crippen LogP contribution in [0.3, 0.4) is 0 Å². The van der Waals surface area contributed by atoms with E-state index < -0.39 is 0 Å². The van der Waals surface area contributed by atoms with E-state index in [-0.39, 0.29) is 5.91 Å². The number of nitrogens with zero attached hydrogens (tertiary/aromatic N) is 2. The second-order valence-electron chi connectivity index (χ2n) is 7.35. The summed E-state index contributed by atoms with van der Waals surface area (Å²) in [4.78, 5) is 15.3. The van der Waals surface area contributed by atoms with Crippen molar-refractivity contribution in [3.05, 3.63) is 130 Å². The van der Waals surface area contributed by atoms with Gasteiger partial charge in [0.15, 0.2) is 0 Å².